The number of carbonyl (C=O) groups excluding carboxylic acids is 2. The van der Waals surface area contributed by atoms with Crippen molar-refractivity contribution < 1.29 is 23.8 Å². The summed E-state index contributed by atoms with van der Waals surface area (Å²) < 4.78 is 17.3. The minimum absolute atomic E-state index is 0.129. The van der Waals surface area contributed by atoms with Crippen molar-refractivity contribution in [3.63, 3.8) is 0 Å². The lowest BCUT2D eigenvalue weighted by atomic mass is 10.1. The Morgan fingerprint density at radius 2 is 1.68 bits per heavy atom. The molecule has 5 rings (SSSR count). The molecule has 1 fully saturated rings. The maximum absolute atomic E-state index is 13.6. The summed E-state index contributed by atoms with van der Waals surface area (Å²) in [5, 5.41) is 0. The maximum atomic E-state index is 13.6. The largest absolute Gasteiger partial charge is 0.489 e. The van der Waals surface area contributed by atoms with Crippen molar-refractivity contribution in [3.05, 3.63) is 90.0 Å². The van der Waals surface area contributed by atoms with Crippen LogP contribution < -0.4 is 14.4 Å². The quantitative estimate of drug-likeness (QED) is 0.585. The number of hydrogen-bond acceptors (Lipinski definition) is 5. The molecule has 1 saturated heterocycles. The number of nitrogens with zero attached hydrogens (tertiary/aromatic N) is 2. The molecule has 34 heavy (non-hydrogen) atoms. The van der Waals surface area contributed by atoms with Gasteiger partial charge >= 0.3 is 0 Å². The van der Waals surface area contributed by atoms with Crippen LogP contribution in [0.1, 0.15) is 15.9 Å². The molecular weight excluding hydrogens is 432 g/mol. The van der Waals surface area contributed by atoms with Crippen LogP contribution in [0.25, 0.3) is 0 Å². The molecule has 0 saturated carbocycles. The first-order chi connectivity index (χ1) is 16.7. The lowest BCUT2D eigenvalue weighted by Crippen LogP contribution is -2.54. The standard InChI is InChI=1S/C27H26N2O5/c30-26(21-9-6-10-22(17-21)33-19-20-7-2-1-3-8-20)29-18-25(27(31)28-13-15-32-16-14-28)34-24-12-5-4-11-23(24)29/h1-12,17,25H,13-16,18-19H2. The van der Waals surface area contributed by atoms with Crippen molar-refractivity contribution in [2.45, 2.75) is 12.7 Å². The van der Waals surface area contributed by atoms with Gasteiger partial charge in [0.05, 0.1) is 25.4 Å². The van der Waals surface area contributed by atoms with E-state index >= 15 is 0 Å². The Balaban J connectivity index is 1.36. The molecule has 174 valence electrons. The molecule has 0 radical (unpaired) electrons. The molecule has 2 aliphatic heterocycles. The Labute approximate surface area is 198 Å². The number of morpholine rings is 1. The minimum Gasteiger partial charge on any atom is -0.489 e. The highest BCUT2D eigenvalue weighted by Gasteiger charge is 2.36. The molecule has 2 heterocycles. The van der Waals surface area contributed by atoms with Crippen LogP contribution in [0, 0.1) is 0 Å². The van der Waals surface area contributed by atoms with E-state index in [0.29, 0.717) is 55.7 Å². The fraction of sp³-hybridized carbons (Fsp3) is 0.259. The van der Waals surface area contributed by atoms with E-state index < -0.39 is 6.10 Å². The topological polar surface area (TPSA) is 68.3 Å². The van der Waals surface area contributed by atoms with Crippen LogP contribution in [0.4, 0.5) is 5.69 Å². The number of carbonyl (C=O) groups is 2. The van der Waals surface area contributed by atoms with Gasteiger partial charge < -0.3 is 24.0 Å². The summed E-state index contributed by atoms with van der Waals surface area (Å²) in [4.78, 5) is 30.1. The second-order valence-corrected chi connectivity index (χ2v) is 8.23. The number of rotatable bonds is 5. The molecule has 0 bridgehead atoms. The van der Waals surface area contributed by atoms with Crippen LogP contribution in [0.2, 0.25) is 0 Å². The summed E-state index contributed by atoms with van der Waals surface area (Å²) in [6, 6.07) is 24.3. The van der Waals surface area contributed by atoms with Crippen LogP contribution in [-0.4, -0.2) is 55.7 Å². The second kappa shape index (κ2) is 9.97. The first-order valence-electron chi connectivity index (χ1n) is 11.4. The Hall–Kier alpha value is -3.84. The van der Waals surface area contributed by atoms with Crippen LogP contribution in [0.15, 0.2) is 78.9 Å². The van der Waals surface area contributed by atoms with E-state index in [1.165, 1.54) is 0 Å². The zero-order valence-electron chi connectivity index (χ0n) is 18.8. The van der Waals surface area contributed by atoms with Gasteiger partial charge in [-0.1, -0.05) is 48.5 Å². The van der Waals surface area contributed by atoms with E-state index in [2.05, 4.69) is 0 Å². The van der Waals surface area contributed by atoms with Gasteiger partial charge in [-0.3, -0.25) is 9.59 Å². The number of hydrogen-bond donors (Lipinski definition) is 0. The summed E-state index contributed by atoms with van der Waals surface area (Å²) in [5.41, 5.74) is 2.18. The van der Waals surface area contributed by atoms with Gasteiger partial charge in [0.2, 0.25) is 0 Å². The van der Waals surface area contributed by atoms with Crippen molar-refractivity contribution in [3.8, 4) is 11.5 Å². The van der Waals surface area contributed by atoms with E-state index in [0.717, 1.165) is 5.56 Å². The first kappa shape index (κ1) is 22.0. The fourth-order valence-electron chi connectivity index (χ4n) is 4.16. The number of amides is 2. The SMILES string of the molecule is O=C(C1CN(C(=O)c2cccc(OCc3ccccc3)c2)c2ccccc2O1)N1CCOCC1. The second-order valence-electron chi connectivity index (χ2n) is 8.23. The molecule has 0 aliphatic carbocycles. The Morgan fingerprint density at radius 3 is 2.50 bits per heavy atom. The van der Waals surface area contributed by atoms with Gasteiger partial charge in [0, 0.05) is 18.7 Å². The number of para-hydroxylation sites is 2. The van der Waals surface area contributed by atoms with Crippen molar-refractivity contribution in [2.24, 2.45) is 0 Å². The van der Waals surface area contributed by atoms with Gasteiger partial charge in [-0.2, -0.15) is 0 Å². The number of ether oxygens (including phenoxy) is 3. The number of fused-ring (bicyclic) bond motifs is 1. The summed E-state index contributed by atoms with van der Waals surface area (Å²) >= 11 is 0. The van der Waals surface area contributed by atoms with E-state index in [-0.39, 0.29) is 18.4 Å². The lowest BCUT2D eigenvalue weighted by molar-refractivity contribution is -0.142. The summed E-state index contributed by atoms with van der Waals surface area (Å²) in [5.74, 6) is 0.790. The highest BCUT2D eigenvalue weighted by atomic mass is 16.5. The number of anilines is 1. The van der Waals surface area contributed by atoms with Crippen LogP contribution in [0.3, 0.4) is 0 Å². The molecule has 2 amide bonds. The fourth-order valence-corrected chi connectivity index (χ4v) is 4.16. The van der Waals surface area contributed by atoms with E-state index in [9.17, 15) is 9.59 Å². The molecule has 0 aromatic heterocycles. The highest BCUT2D eigenvalue weighted by molar-refractivity contribution is 6.08. The zero-order valence-corrected chi connectivity index (χ0v) is 18.8. The van der Waals surface area contributed by atoms with E-state index in [1.807, 2.05) is 54.6 Å². The summed E-state index contributed by atoms with van der Waals surface area (Å²) in [6.07, 6.45) is -0.769. The summed E-state index contributed by atoms with van der Waals surface area (Å²) in [6.45, 7) is 2.61. The average molecular weight is 459 g/mol. The van der Waals surface area contributed by atoms with Crippen molar-refractivity contribution in [1.29, 1.82) is 0 Å². The first-order valence-corrected chi connectivity index (χ1v) is 11.4. The zero-order chi connectivity index (χ0) is 23.3. The van der Waals surface area contributed by atoms with Crippen LogP contribution >= 0.6 is 0 Å². The molecule has 3 aromatic rings. The molecule has 2 aliphatic rings. The third kappa shape index (κ3) is 4.75. The molecule has 0 spiro atoms. The lowest BCUT2D eigenvalue weighted by Gasteiger charge is -2.37. The van der Waals surface area contributed by atoms with Gasteiger partial charge in [-0.25, -0.2) is 0 Å². The Kier molecular flexibility index (Phi) is 6.44. The van der Waals surface area contributed by atoms with Crippen LogP contribution in [-0.2, 0) is 16.1 Å². The Morgan fingerprint density at radius 1 is 0.912 bits per heavy atom. The predicted molar refractivity (Wildman–Crippen MR) is 127 cm³/mol. The smallest absolute Gasteiger partial charge is 0.265 e. The normalized spacial score (nSPS) is 17.5. The molecule has 3 aromatic carbocycles. The van der Waals surface area contributed by atoms with Gasteiger partial charge in [-0.15, -0.1) is 0 Å². The van der Waals surface area contributed by atoms with Gasteiger partial charge in [0.1, 0.15) is 18.1 Å². The molecule has 7 heteroatoms. The molecule has 0 N–H and O–H groups in total. The Bertz CT molecular complexity index is 1160. The maximum Gasteiger partial charge on any atom is 0.265 e. The monoisotopic (exact) mass is 458 g/mol. The highest BCUT2D eigenvalue weighted by Crippen LogP contribution is 2.35. The molecule has 7 nitrogen and oxygen atoms in total. The van der Waals surface area contributed by atoms with E-state index in [4.69, 9.17) is 14.2 Å². The molecular formula is C27H26N2O5. The third-order valence-corrected chi connectivity index (χ3v) is 5.95. The van der Waals surface area contributed by atoms with Gasteiger partial charge in [-0.05, 0) is 35.9 Å². The van der Waals surface area contributed by atoms with Crippen LogP contribution in [0.5, 0.6) is 11.5 Å². The molecule has 1 unspecified atom stereocenters. The van der Waals surface area contributed by atoms with Crippen molar-refractivity contribution in [1.82, 2.24) is 4.90 Å². The predicted octanol–water partition coefficient (Wildman–Crippen LogP) is 3.53. The van der Waals surface area contributed by atoms with Crippen molar-refractivity contribution in [2.75, 3.05) is 37.7 Å². The third-order valence-electron chi connectivity index (χ3n) is 5.95. The van der Waals surface area contributed by atoms with Gasteiger partial charge in [0.25, 0.3) is 11.8 Å². The number of benzene rings is 3. The van der Waals surface area contributed by atoms with Crippen molar-refractivity contribution >= 4 is 17.5 Å². The van der Waals surface area contributed by atoms with Gasteiger partial charge in [0.15, 0.2) is 6.10 Å². The molecule has 1 atom stereocenters. The average Bonchev–Trinajstić information content (AvgIpc) is 2.91. The minimum atomic E-state index is -0.769. The summed E-state index contributed by atoms with van der Waals surface area (Å²) in [7, 11) is 0. The van der Waals surface area contributed by atoms with E-state index in [1.54, 1.807) is 34.1 Å².